The van der Waals surface area contributed by atoms with E-state index in [1.54, 1.807) is 14.2 Å². The van der Waals surface area contributed by atoms with E-state index < -0.39 is 0 Å². The Balaban J connectivity index is 1.53. The first-order valence-electron chi connectivity index (χ1n) is 8.83. The lowest BCUT2D eigenvalue weighted by atomic mass is 10.1. The molecule has 0 radical (unpaired) electrons. The van der Waals surface area contributed by atoms with Crippen molar-refractivity contribution in [1.82, 2.24) is 15.3 Å². The molecule has 28 heavy (non-hydrogen) atoms. The summed E-state index contributed by atoms with van der Waals surface area (Å²) in [5, 5.41) is 5.97. The van der Waals surface area contributed by atoms with Gasteiger partial charge in [0, 0.05) is 6.54 Å². The number of benzene rings is 2. The van der Waals surface area contributed by atoms with E-state index in [-0.39, 0.29) is 11.6 Å². The molecule has 144 valence electrons. The zero-order chi connectivity index (χ0) is 19.8. The van der Waals surface area contributed by atoms with E-state index in [9.17, 15) is 4.79 Å². The molecule has 2 aromatic carbocycles. The molecule has 0 aliphatic carbocycles. The second kappa shape index (κ2) is 9.36. The molecule has 0 aliphatic rings. The second-order valence-corrected chi connectivity index (χ2v) is 5.97. The van der Waals surface area contributed by atoms with E-state index in [1.165, 1.54) is 12.4 Å². The molecule has 0 unspecified atom stereocenters. The van der Waals surface area contributed by atoms with Crippen LogP contribution in [-0.2, 0) is 6.42 Å². The number of aromatic nitrogens is 2. The Bertz CT molecular complexity index is 912. The monoisotopic (exact) mass is 378 g/mol. The predicted octanol–water partition coefficient (Wildman–Crippen LogP) is 3.21. The van der Waals surface area contributed by atoms with E-state index in [1.807, 2.05) is 48.5 Å². The van der Waals surface area contributed by atoms with E-state index in [0.717, 1.165) is 23.4 Å². The number of carbonyl (C=O) groups excluding carboxylic acids is 1. The van der Waals surface area contributed by atoms with Crippen molar-refractivity contribution in [2.24, 2.45) is 0 Å². The maximum Gasteiger partial charge on any atom is 0.271 e. The maximum atomic E-state index is 12.2. The quantitative estimate of drug-likeness (QED) is 0.626. The SMILES string of the molecule is COc1ccc(CCNC(=O)c2cnc(Nc3ccccc3OC)cn2)cc1. The van der Waals surface area contributed by atoms with Gasteiger partial charge in [-0.3, -0.25) is 4.79 Å². The fourth-order valence-electron chi connectivity index (χ4n) is 2.60. The van der Waals surface area contributed by atoms with E-state index in [2.05, 4.69) is 20.6 Å². The molecular weight excluding hydrogens is 356 g/mol. The number of ether oxygens (including phenoxy) is 2. The summed E-state index contributed by atoms with van der Waals surface area (Å²) in [5.41, 5.74) is 2.15. The van der Waals surface area contributed by atoms with Crippen LogP contribution in [0.1, 0.15) is 16.1 Å². The molecule has 2 N–H and O–H groups in total. The molecule has 7 heteroatoms. The first kappa shape index (κ1) is 19.2. The number of methoxy groups -OCH3 is 2. The Morgan fingerprint density at radius 3 is 2.43 bits per heavy atom. The molecule has 0 saturated carbocycles. The third-order valence-corrected chi connectivity index (χ3v) is 4.11. The van der Waals surface area contributed by atoms with Gasteiger partial charge < -0.3 is 20.1 Å². The Labute approximate surface area is 163 Å². The summed E-state index contributed by atoms with van der Waals surface area (Å²) in [6.45, 7) is 0.508. The average molecular weight is 378 g/mol. The number of hydrogen-bond donors (Lipinski definition) is 2. The highest BCUT2D eigenvalue weighted by Gasteiger charge is 2.09. The van der Waals surface area contributed by atoms with Crippen LogP contribution < -0.4 is 20.1 Å². The van der Waals surface area contributed by atoms with Gasteiger partial charge in [-0.05, 0) is 36.2 Å². The highest BCUT2D eigenvalue weighted by Crippen LogP contribution is 2.25. The molecule has 1 heterocycles. The lowest BCUT2D eigenvalue weighted by Crippen LogP contribution is -2.26. The number of nitrogens with one attached hydrogen (secondary N) is 2. The van der Waals surface area contributed by atoms with Crippen LogP contribution in [0, 0.1) is 0 Å². The van der Waals surface area contributed by atoms with Gasteiger partial charge in [0.1, 0.15) is 23.0 Å². The van der Waals surface area contributed by atoms with Crippen LogP contribution in [0.5, 0.6) is 11.5 Å². The Morgan fingerprint density at radius 2 is 1.75 bits per heavy atom. The number of nitrogens with zero attached hydrogens (tertiary/aromatic N) is 2. The summed E-state index contributed by atoms with van der Waals surface area (Å²) in [6.07, 6.45) is 3.68. The zero-order valence-corrected chi connectivity index (χ0v) is 15.8. The minimum atomic E-state index is -0.259. The molecule has 3 rings (SSSR count). The van der Waals surface area contributed by atoms with Gasteiger partial charge in [-0.15, -0.1) is 0 Å². The number of anilines is 2. The molecule has 0 fully saturated rings. The van der Waals surface area contributed by atoms with Crippen molar-refractivity contribution in [2.75, 3.05) is 26.1 Å². The molecule has 7 nitrogen and oxygen atoms in total. The summed E-state index contributed by atoms with van der Waals surface area (Å²) in [4.78, 5) is 20.7. The molecule has 1 amide bonds. The van der Waals surface area contributed by atoms with Crippen LogP contribution in [0.2, 0.25) is 0 Å². The van der Waals surface area contributed by atoms with Crippen LogP contribution in [0.4, 0.5) is 11.5 Å². The molecule has 0 bridgehead atoms. The third-order valence-electron chi connectivity index (χ3n) is 4.11. The summed E-state index contributed by atoms with van der Waals surface area (Å²) in [5.74, 6) is 1.78. The zero-order valence-electron chi connectivity index (χ0n) is 15.8. The van der Waals surface area contributed by atoms with Gasteiger partial charge in [-0.2, -0.15) is 0 Å². The van der Waals surface area contributed by atoms with Gasteiger partial charge in [0.15, 0.2) is 0 Å². The van der Waals surface area contributed by atoms with Gasteiger partial charge >= 0.3 is 0 Å². The molecule has 0 spiro atoms. The number of para-hydroxylation sites is 2. The topological polar surface area (TPSA) is 85.4 Å². The van der Waals surface area contributed by atoms with Crippen LogP contribution in [0.25, 0.3) is 0 Å². The summed E-state index contributed by atoms with van der Waals surface area (Å²) >= 11 is 0. The van der Waals surface area contributed by atoms with Gasteiger partial charge in [0.25, 0.3) is 5.91 Å². The van der Waals surface area contributed by atoms with Crippen LogP contribution >= 0.6 is 0 Å². The molecule has 0 saturated heterocycles. The van der Waals surface area contributed by atoms with Crippen molar-refractivity contribution in [1.29, 1.82) is 0 Å². The lowest BCUT2D eigenvalue weighted by molar-refractivity contribution is 0.0949. The number of rotatable bonds is 8. The molecule has 3 aromatic rings. The number of amides is 1. The van der Waals surface area contributed by atoms with Crippen LogP contribution in [-0.4, -0.2) is 36.6 Å². The van der Waals surface area contributed by atoms with Gasteiger partial charge in [0.2, 0.25) is 0 Å². The molecular formula is C21H22N4O3. The highest BCUT2D eigenvalue weighted by molar-refractivity contribution is 5.92. The maximum absolute atomic E-state index is 12.2. The summed E-state index contributed by atoms with van der Waals surface area (Å²) in [6, 6.07) is 15.2. The predicted molar refractivity (Wildman–Crippen MR) is 107 cm³/mol. The smallest absolute Gasteiger partial charge is 0.271 e. The van der Waals surface area contributed by atoms with Crippen LogP contribution in [0.3, 0.4) is 0 Å². The van der Waals surface area contributed by atoms with Crippen molar-refractivity contribution in [3.8, 4) is 11.5 Å². The Morgan fingerprint density at radius 1 is 0.964 bits per heavy atom. The van der Waals surface area contributed by atoms with Crippen LogP contribution in [0.15, 0.2) is 60.9 Å². The fourth-order valence-corrected chi connectivity index (χ4v) is 2.60. The first-order chi connectivity index (χ1) is 13.7. The van der Waals surface area contributed by atoms with Gasteiger partial charge in [0.05, 0.1) is 32.3 Å². The molecule has 0 aliphatic heterocycles. The highest BCUT2D eigenvalue weighted by atomic mass is 16.5. The van der Waals surface area contributed by atoms with Gasteiger partial charge in [-0.25, -0.2) is 9.97 Å². The minimum absolute atomic E-state index is 0.259. The first-order valence-corrected chi connectivity index (χ1v) is 8.83. The van der Waals surface area contributed by atoms with E-state index in [0.29, 0.717) is 18.1 Å². The lowest BCUT2D eigenvalue weighted by Gasteiger charge is -2.10. The standard InChI is InChI=1S/C21H22N4O3/c1-27-16-9-7-15(8-10-16)11-12-22-21(26)18-13-24-20(14-23-18)25-17-5-3-4-6-19(17)28-2/h3-10,13-14H,11-12H2,1-2H3,(H,22,26)(H,24,25). The van der Waals surface area contributed by atoms with Crippen molar-refractivity contribution in [3.63, 3.8) is 0 Å². The van der Waals surface area contributed by atoms with Crippen molar-refractivity contribution in [3.05, 3.63) is 72.2 Å². The molecule has 0 atom stereocenters. The fraction of sp³-hybridized carbons (Fsp3) is 0.190. The Kier molecular flexibility index (Phi) is 6.41. The molecule has 1 aromatic heterocycles. The number of hydrogen-bond acceptors (Lipinski definition) is 6. The van der Waals surface area contributed by atoms with Crippen molar-refractivity contribution >= 4 is 17.4 Å². The normalized spacial score (nSPS) is 10.2. The van der Waals surface area contributed by atoms with Gasteiger partial charge in [-0.1, -0.05) is 24.3 Å². The largest absolute Gasteiger partial charge is 0.497 e. The third kappa shape index (κ3) is 4.97. The van der Waals surface area contributed by atoms with Crippen molar-refractivity contribution in [2.45, 2.75) is 6.42 Å². The number of carbonyl (C=O) groups is 1. The summed E-state index contributed by atoms with van der Waals surface area (Å²) < 4.78 is 10.4. The average Bonchev–Trinajstić information content (AvgIpc) is 2.75. The summed E-state index contributed by atoms with van der Waals surface area (Å²) in [7, 11) is 3.24. The Hall–Kier alpha value is -3.61. The second-order valence-electron chi connectivity index (χ2n) is 5.97. The minimum Gasteiger partial charge on any atom is -0.497 e. The van der Waals surface area contributed by atoms with E-state index >= 15 is 0 Å². The van der Waals surface area contributed by atoms with Crippen molar-refractivity contribution < 1.29 is 14.3 Å². The van der Waals surface area contributed by atoms with E-state index in [4.69, 9.17) is 9.47 Å².